The predicted octanol–water partition coefficient (Wildman–Crippen LogP) is 2.88. The van der Waals surface area contributed by atoms with Crippen LogP contribution in [0.3, 0.4) is 0 Å². The number of aromatic hydroxyl groups is 1. The van der Waals surface area contributed by atoms with Crippen LogP contribution in [0.2, 0.25) is 0 Å². The van der Waals surface area contributed by atoms with Gasteiger partial charge in [-0.05, 0) is 36.4 Å². The van der Waals surface area contributed by atoms with Gasteiger partial charge in [0.1, 0.15) is 17.2 Å². The van der Waals surface area contributed by atoms with E-state index in [0.717, 1.165) is 12.1 Å². The van der Waals surface area contributed by atoms with E-state index in [2.05, 4.69) is 10.2 Å². The molecule has 2 aromatic carbocycles. The molecule has 0 aliphatic carbocycles. The molecule has 120 valence electrons. The molecule has 0 saturated carbocycles. The second kappa shape index (κ2) is 6.55. The minimum Gasteiger partial charge on any atom is -0.507 e. The Hall–Kier alpha value is -2.78. The van der Waals surface area contributed by atoms with Gasteiger partial charge >= 0.3 is 0 Å². The Morgan fingerprint density at radius 3 is 2.48 bits per heavy atom. The van der Waals surface area contributed by atoms with Crippen molar-refractivity contribution in [3.63, 3.8) is 0 Å². The van der Waals surface area contributed by atoms with Gasteiger partial charge in [0.15, 0.2) is 6.29 Å². The second-order valence-corrected chi connectivity index (χ2v) is 5.79. The zero-order valence-corrected chi connectivity index (χ0v) is 12.7. The fourth-order valence-electron chi connectivity index (χ4n) is 1.72. The number of phenolic OH excluding ortho intramolecular Hbond substituents is 1. The molecule has 0 aromatic heterocycles. The Bertz CT molecular complexity index is 877. The molecule has 23 heavy (non-hydrogen) atoms. The van der Waals surface area contributed by atoms with Crippen molar-refractivity contribution in [3.8, 4) is 11.5 Å². The van der Waals surface area contributed by atoms with Gasteiger partial charge in [-0.1, -0.05) is 0 Å². The van der Waals surface area contributed by atoms with E-state index in [4.69, 9.17) is 9.29 Å². The molecule has 0 saturated heterocycles. The van der Waals surface area contributed by atoms with Gasteiger partial charge in [0.2, 0.25) is 0 Å². The lowest BCUT2D eigenvalue weighted by Gasteiger charge is -2.05. The van der Waals surface area contributed by atoms with Crippen LogP contribution in [0, 0.1) is 0 Å². The lowest BCUT2D eigenvalue weighted by atomic mass is 10.2. The van der Waals surface area contributed by atoms with Crippen LogP contribution in [0.5, 0.6) is 11.5 Å². The fourth-order valence-corrected chi connectivity index (χ4v) is 2.22. The van der Waals surface area contributed by atoms with Crippen LogP contribution in [0.4, 0.5) is 11.4 Å². The first-order valence-electron chi connectivity index (χ1n) is 6.20. The molecule has 0 heterocycles. The lowest BCUT2D eigenvalue weighted by Crippen LogP contribution is -1.97. The highest BCUT2D eigenvalue weighted by Crippen LogP contribution is 2.32. The first-order chi connectivity index (χ1) is 10.8. The highest BCUT2D eigenvalue weighted by Gasteiger charge is 2.13. The average molecular weight is 336 g/mol. The summed E-state index contributed by atoms with van der Waals surface area (Å²) in [5.41, 5.74) is 0.382. The molecule has 0 amide bonds. The number of nitrogens with zero attached hydrogens (tertiary/aromatic N) is 2. The number of methoxy groups -OCH3 is 1. The molecule has 0 bridgehead atoms. The molecule has 2 aromatic rings. The van der Waals surface area contributed by atoms with Crippen LogP contribution >= 0.6 is 0 Å². The van der Waals surface area contributed by atoms with Crippen LogP contribution < -0.4 is 4.74 Å². The van der Waals surface area contributed by atoms with E-state index in [1.807, 2.05) is 0 Å². The molecule has 8 nitrogen and oxygen atoms in total. The normalized spacial score (nSPS) is 11.6. The van der Waals surface area contributed by atoms with Gasteiger partial charge in [0, 0.05) is 0 Å². The molecule has 2 N–H and O–H groups in total. The maximum absolute atomic E-state index is 11.2. The quantitative estimate of drug-likeness (QED) is 0.491. The number of ether oxygens (including phenoxy) is 1. The van der Waals surface area contributed by atoms with Crippen molar-refractivity contribution in [2.24, 2.45) is 10.2 Å². The van der Waals surface area contributed by atoms with Gasteiger partial charge in [0.05, 0.1) is 23.3 Å². The van der Waals surface area contributed by atoms with Crippen molar-refractivity contribution >= 4 is 27.8 Å². The number of hydrogen-bond acceptors (Lipinski definition) is 7. The van der Waals surface area contributed by atoms with Gasteiger partial charge < -0.3 is 9.84 Å². The Kier molecular flexibility index (Phi) is 4.72. The summed E-state index contributed by atoms with van der Waals surface area (Å²) >= 11 is 0. The molecule has 0 spiro atoms. The zero-order chi connectivity index (χ0) is 17.0. The summed E-state index contributed by atoms with van der Waals surface area (Å²) in [5.74, 6) is 0.0560. The van der Waals surface area contributed by atoms with Crippen LogP contribution in [-0.4, -0.2) is 31.5 Å². The number of carbonyl (C=O) groups excluding carboxylic acids is 1. The highest BCUT2D eigenvalue weighted by atomic mass is 32.2. The van der Waals surface area contributed by atoms with Gasteiger partial charge in [-0.25, -0.2) is 0 Å². The molecule has 9 heteroatoms. The third-order valence-corrected chi connectivity index (χ3v) is 3.71. The van der Waals surface area contributed by atoms with E-state index in [1.165, 1.54) is 31.4 Å². The van der Waals surface area contributed by atoms with Crippen LogP contribution in [-0.2, 0) is 10.1 Å². The molecule has 0 unspecified atom stereocenters. The number of benzene rings is 2. The van der Waals surface area contributed by atoms with Crippen molar-refractivity contribution in [2.75, 3.05) is 7.11 Å². The smallest absolute Gasteiger partial charge is 0.294 e. The predicted molar refractivity (Wildman–Crippen MR) is 80.5 cm³/mol. The Balaban J connectivity index is 2.44. The molecule has 0 atom stereocenters. The molecule has 0 radical (unpaired) electrons. The average Bonchev–Trinajstić information content (AvgIpc) is 2.52. The summed E-state index contributed by atoms with van der Waals surface area (Å²) in [5, 5.41) is 17.1. The zero-order valence-electron chi connectivity index (χ0n) is 11.9. The number of azo groups is 1. The number of hydrogen-bond donors (Lipinski definition) is 2. The van der Waals surface area contributed by atoms with Gasteiger partial charge in [0.25, 0.3) is 10.1 Å². The number of aldehydes is 1. The van der Waals surface area contributed by atoms with Crippen molar-refractivity contribution in [1.29, 1.82) is 0 Å². The monoisotopic (exact) mass is 336 g/mol. The lowest BCUT2D eigenvalue weighted by molar-refractivity contribution is 0.112. The third-order valence-electron chi connectivity index (χ3n) is 2.86. The summed E-state index contributed by atoms with van der Waals surface area (Å²) in [6.07, 6.45) is 0.466. The van der Waals surface area contributed by atoms with Gasteiger partial charge in [-0.3, -0.25) is 9.35 Å². The summed E-state index contributed by atoms with van der Waals surface area (Å²) in [4.78, 5) is 10.4. The van der Waals surface area contributed by atoms with Crippen LogP contribution in [0.25, 0.3) is 0 Å². The second-order valence-electron chi connectivity index (χ2n) is 4.37. The van der Waals surface area contributed by atoms with E-state index in [0.29, 0.717) is 6.29 Å². The van der Waals surface area contributed by atoms with E-state index in [1.54, 1.807) is 0 Å². The van der Waals surface area contributed by atoms with E-state index in [-0.39, 0.29) is 33.3 Å². The molecular weight excluding hydrogens is 324 g/mol. The standard InChI is InChI=1S/C14H12N2O6S/c1-22-14-5-3-11(23(19,20)21)7-12(14)16-15-10-2-4-13(18)9(6-10)8-17/h2-8,18H,1H3,(H,19,20,21). The van der Waals surface area contributed by atoms with Crippen LogP contribution in [0.15, 0.2) is 51.5 Å². The van der Waals surface area contributed by atoms with E-state index in [9.17, 15) is 18.3 Å². The van der Waals surface area contributed by atoms with Gasteiger partial charge in [-0.2, -0.15) is 13.5 Å². The number of rotatable bonds is 5. The van der Waals surface area contributed by atoms with E-state index < -0.39 is 10.1 Å². The minimum absolute atomic E-state index is 0.0418. The molecule has 0 fully saturated rings. The van der Waals surface area contributed by atoms with Crippen molar-refractivity contribution in [2.45, 2.75) is 4.90 Å². The fraction of sp³-hybridized carbons (Fsp3) is 0.0714. The summed E-state index contributed by atoms with van der Waals surface area (Å²) in [6.45, 7) is 0. The summed E-state index contributed by atoms with van der Waals surface area (Å²) in [6, 6.07) is 7.60. The largest absolute Gasteiger partial charge is 0.507 e. The first kappa shape index (κ1) is 16.6. The van der Waals surface area contributed by atoms with Crippen molar-refractivity contribution < 1.29 is 27.6 Å². The minimum atomic E-state index is -4.39. The third kappa shape index (κ3) is 3.90. The van der Waals surface area contributed by atoms with Crippen molar-refractivity contribution in [1.82, 2.24) is 0 Å². The number of phenols is 1. The summed E-state index contributed by atoms with van der Waals surface area (Å²) in [7, 11) is -3.02. The maximum Gasteiger partial charge on any atom is 0.294 e. The Morgan fingerprint density at radius 1 is 1.13 bits per heavy atom. The molecule has 0 aliphatic heterocycles. The summed E-state index contributed by atoms with van der Waals surface area (Å²) < 4.78 is 36.4. The first-order valence-corrected chi connectivity index (χ1v) is 7.64. The Morgan fingerprint density at radius 2 is 1.87 bits per heavy atom. The topological polar surface area (TPSA) is 126 Å². The highest BCUT2D eigenvalue weighted by molar-refractivity contribution is 7.85. The molecular formula is C14H12N2O6S. The Labute approximate surface area is 131 Å². The molecule has 0 aliphatic rings. The van der Waals surface area contributed by atoms with E-state index >= 15 is 0 Å². The van der Waals surface area contributed by atoms with Crippen molar-refractivity contribution in [3.05, 3.63) is 42.0 Å². The van der Waals surface area contributed by atoms with Crippen LogP contribution in [0.1, 0.15) is 10.4 Å². The van der Waals surface area contributed by atoms with Gasteiger partial charge in [-0.15, -0.1) is 5.11 Å². The molecule has 2 rings (SSSR count). The maximum atomic E-state index is 11.2. The SMILES string of the molecule is COc1ccc(S(=O)(=O)O)cc1N=Nc1ccc(O)c(C=O)c1. The number of carbonyl (C=O) groups is 1.